The second-order valence-electron chi connectivity index (χ2n) is 3.31. The lowest BCUT2D eigenvalue weighted by Gasteiger charge is -2.05. The summed E-state index contributed by atoms with van der Waals surface area (Å²) in [7, 11) is 0. The molecule has 0 unspecified atom stereocenters. The molecule has 96 valence electrons. The van der Waals surface area contributed by atoms with Crippen LogP contribution in [0.4, 0.5) is 4.79 Å². The summed E-state index contributed by atoms with van der Waals surface area (Å²) in [6.45, 7) is 5.85. The Morgan fingerprint density at radius 1 is 1.33 bits per heavy atom. The highest BCUT2D eigenvalue weighted by Gasteiger charge is 2.07. The van der Waals surface area contributed by atoms with Crippen molar-refractivity contribution in [3.63, 3.8) is 0 Å². The smallest absolute Gasteiger partial charge is 0.434 e. The third-order valence-electron chi connectivity index (χ3n) is 1.99. The first-order chi connectivity index (χ1) is 8.67. The zero-order valence-corrected chi connectivity index (χ0v) is 10.1. The van der Waals surface area contributed by atoms with E-state index in [1.54, 1.807) is 25.1 Å². The van der Waals surface area contributed by atoms with Gasteiger partial charge in [0, 0.05) is 12.1 Å². The van der Waals surface area contributed by atoms with Crippen LogP contribution in [0.15, 0.2) is 36.9 Å². The first-order valence-electron chi connectivity index (χ1n) is 5.51. The SMILES string of the molecule is C=CCNC(=O)c1ccc(OC(=O)OCC)cc1. The Morgan fingerprint density at radius 2 is 2.00 bits per heavy atom. The molecule has 5 heteroatoms. The van der Waals surface area contributed by atoms with Crippen molar-refractivity contribution in [2.75, 3.05) is 13.2 Å². The second-order valence-corrected chi connectivity index (χ2v) is 3.31. The molecule has 1 N–H and O–H groups in total. The van der Waals surface area contributed by atoms with E-state index in [0.717, 1.165) is 0 Å². The molecule has 0 bridgehead atoms. The summed E-state index contributed by atoms with van der Waals surface area (Å²) in [6.07, 6.45) is 0.831. The quantitative estimate of drug-likeness (QED) is 0.493. The van der Waals surface area contributed by atoms with Gasteiger partial charge in [0.05, 0.1) is 6.61 Å². The van der Waals surface area contributed by atoms with Gasteiger partial charge in [0.25, 0.3) is 5.91 Å². The first kappa shape index (κ1) is 13.8. The standard InChI is InChI=1S/C13H15NO4/c1-3-9-14-12(15)10-5-7-11(8-6-10)18-13(16)17-4-2/h3,5-8H,1,4,9H2,2H3,(H,14,15). The number of amides is 1. The summed E-state index contributed by atoms with van der Waals surface area (Å²) in [5.41, 5.74) is 0.480. The van der Waals surface area contributed by atoms with E-state index in [9.17, 15) is 9.59 Å². The zero-order chi connectivity index (χ0) is 13.4. The van der Waals surface area contributed by atoms with Crippen LogP contribution >= 0.6 is 0 Å². The number of hydrogen-bond donors (Lipinski definition) is 1. The van der Waals surface area contributed by atoms with E-state index in [1.807, 2.05) is 0 Å². The van der Waals surface area contributed by atoms with Crippen LogP contribution in [0.25, 0.3) is 0 Å². The normalized spacial score (nSPS) is 9.39. The van der Waals surface area contributed by atoms with Crippen molar-refractivity contribution in [1.29, 1.82) is 0 Å². The number of carbonyl (C=O) groups excluding carboxylic acids is 2. The second kappa shape index (κ2) is 7.11. The topological polar surface area (TPSA) is 64.6 Å². The summed E-state index contributed by atoms with van der Waals surface area (Å²) >= 11 is 0. The van der Waals surface area contributed by atoms with Gasteiger partial charge in [-0.15, -0.1) is 6.58 Å². The monoisotopic (exact) mass is 249 g/mol. The Hall–Kier alpha value is -2.30. The minimum atomic E-state index is -0.763. The number of ether oxygens (including phenoxy) is 2. The van der Waals surface area contributed by atoms with Gasteiger partial charge in [-0.05, 0) is 31.2 Å². The lowest BCUT2D eigenvalue weighted by molar-refractivity contribution is 0.0958. The largest absolute Gasteiger partial charge is 0.513 e. The van der Waals surface area contributed by atoms with Crippen LogP contribution in [0.5, 0.6) is 5.75 Å². The minimum absolute atomic E-state index is 0.211. The van der Waals surface area contributed by atoms with Crippen LogP contribution in [0.3, 0.4) is 0 Å². The average Bonchev–Trinajstić information content (AvgIpc) is 2.37. The van der Waals surface area contributed by atoms with Gasteiger partial charge in [0.15, 0.2) is 0 Å². The highest BCUT2D eigenvalue weighted by molar-refractivity contribution is 5.94. The lowest BCUT2D eigenvalue weighted by Crippen LogP contribution is -2.23. The van der Waals surface area contributed by atoms with Gasteiger partial charge in [0.2, 0.25) is 0 Å². The summed E-state index contributed by atoms with van der Waals surface area (Å²) in [5, 5.41) is 2.64. The molecular weight excluding hydrogens is 234 g/mol. The van der Waals surface area contributed by atoms with E-state index < -0.39 is 6.16 Å². The summed E-state index contributed by atoms with van der Waals surface area (Å²) < 4.78 is 9.49. The minimum Gasteiger partial charge on any atom is -0.434 e. The fourth-order valence-corrected chi connectivity index (χ4v) is 1.18. The molecule has 1 aromatic rings. The molecule has 0 aliphatic rings. The molecule has 0 aromatic heterocycles. The van der Waals surface area contributed by atoms with Gasteiger partial charge in [-0.2, -0.15) is 0 Å². The van der Waals surface area contributed by atoms with Crippen LogP contribution < -0.4 is 10.1 Å². The Morgan fingerprint density at radius 3 is 2.56 bits per heavy atom. The number of benzene rings is 1. The third-order valence-corrected chi connectivity index (χ3v) is 1.99. The van der Waals surface area contributed by atoms with Crippen molar-refractivity contribution < 1.29 is 19.1 Å². The third kappa shape index (κ3) is 4.29. The summed E-state index contributed by atoms with van der Waals surface area (Å²) in [5.74, 6) is 0.117. The van der Waals surface area contributed by atoms with Crippen molar-refractivity contribution in [2.24, 2.45) is 0 Å². The predicted molar refractivity (Wildman–Crippen MR) is 66.6 cm³/mol. The van der Waals surface area contributed by atoms with Crippen molar-refractivity contribution in [3.8, 4) is 5.75 Å². The highest BCUT2D eigenvalue weighted by Crippen LogP contribution is 2.12. The molecule has 0 radical (unpaired) electrons. The molecule has 18 heavy (non-hydrogen) atoms. The molecule has 0 heterocycles. The molecule has 0 fully saturated rings. The maximum absolute atomic E-state index is 11.5. The molecule has 0 saturated carbocycles. The summed E-state index contributed by atoms with van der Waals surface area (Å²) in [4.78, 5) is 22.6. The van der Waals surface area contributed by atoms with Crippen LogP contribution in [0.1, 0.15) is 17.3 Å². The molecule has 0 spiro atoms. The van der Waals surface area contributed by atoms with Gasteiger partial charge < -0.3 is 14.8 Å². The van der Waals surface area contributed by atoms with Crippen LogP contribution in [-0.2, 0) is 4.74 Å². The Kier molecular flexibility index (Phi) is 5.44. The Labute approximate surface area is 105 Å². The van der Waals surface area contributed by atoms with E-state index in [0.29, 0.717) is 17.9 Å². The van der Waals surface area contributed by atoms with Gasteiger partial charge in [0.1, 0.15) is 5.75 Å². The molecule has 0 aliphatic heterocycles. The van der Waals surface area contributed by atoms with Gasteiger partial charge in [-0.1, -0.05) is 6.08 Å². The maximum atomic E-state index is 11.5. The molecule has 1 amide bonds. The van der Waals surface area contributed by atoms with E-state index in [1.165, 1.54) is 12.1 Å². The van der Waals surface area contributed by atoms with Crippen molar-refractivity contribution in [3.05, 3.63) is 42.5 Å². The Bertz CT molecular complexity index is 425. The van der Waals surface area contributed by atoms with Crippen molar-refractivity contribution in [2.45, 2.75) is 6.92 Å². The van der Waals surface area contributed by atoms with Crippen LogP contribution in [-0.4, -0.2) is 25.2 Å². The van der Waals surface area contributed by atoms with Gasteiger partial charge in [-0.3, -0.25) is 4.79 Å². The summed E-state index contributed by atoms with van der Waals surface area (Å²) in [6, 6.07) is 6.18. The predicted octanol–water partition coefficient (Wildman–Crippen LogP) is 2.14. The van der Waals surface area contributed by atoms with E-state index in [-0.39, 0.29) is 12.5 Å². The van der Waals surface area contributed by atoms with E-state index >= 15 is 0 Å². The fraction of sp³-hybridized carbons (Fsp3) is 0.231. The highest BCUT2D eigenvalue weighted by atomic mass is 16.7. The molecular formula is C13H15NO4. The van der Waals surface area contributed by atoms with Crippen LogP contribution in [0, 0.1) is 0 Å². The maximum Gasteiger partial charge on any atom is 0.513 e. The number of carbonyl (C=O) groups is 2. The zero-order valence-electron chi connectivity index (χ0n) is 10.1. The van der Waals surface area contributed by atoms with Gasteiger partial charge >= 0.3 is 6.16 Å². The molecule has 0 aliphatic carbocycles. The van der Waals surface area contributed by atoms with E-state index in [4.69, 9.17) is 4.74 Å². The molecule has 1 aromatic carbocycles. The number of hydrogen-bond acceptors (Lipinski definition) is 4. The molecule has 5 nitrogen and oxygen atoms in total. The first-order valence-corrected chi connectivity index (χ1v) is 5.51. The Balaban J connectivity index is 2.59. The molecule has 0 saturated heterocycles. The number of nitrogens with one attached hydrogen (secondary N) is 1. The average molecular weight is 249 g/mol. The van der Waals surface area contributed by atoms with Gasteiger partial charge in [-0.25, -0.2) is 4.79 Å². The van der Waals surface area contributed by atoms with Crippen molar-refractivity contribution in [1.82, 2.24) is 5.32 Å². The molecule has 0 atom stereocenters. The fourth-order valence-electron chi connectivity index (χ4n) is 1.18. The lowest BCUT2D eigenvalue weighted by atomic mass is 10.2. The number of rotatable bonds is 5. The van der Waals surface area contributed by atoms with Crippen molar-refractivity contribution >= 4 is 12.1 Å². The molecule has 1 rings (SSSR count). The van der Waals surface area contributed by atoms with E-state index in [2.05, 4.69) is 16.6 Å². The van der Waals surface area contributed by atoms with Crippen LogP contribution in [0.2, 0.25) is 0 Å².